The monoisotopic (exact) mass is 151 g/mol. The topological polar surface area (TPSA) is 55.3 Å². The van der Waals surface area contributed by atoms with Crippen LogP contribution in [0.4, 0.5) is 5.69 Å². The maximum absolute atomic E-state index is 5.38. The van der Waals surface area contributed by atoms with Gasteiger partial charge in [-0.3, -0.25) is 0 Å². The highest BCUT2D eigenvalue weighted by molar-refractivity contribution is 5.51. The van der Waals surface area contributed by atoms with Crippen LogP contribution in [-0.4, -0.2) is 0 Å². The first kappa shape index (κ1) is 8.04. The lowest BCUT2D eigenvalue weighted by molar-refractivity contribution is 0.917. The van der Waals surface area contributed by atoms with Gasteiger partial charge in [0.1, 0.15) is 0 Å². The summed E-state index contributed by atoms with van der Waals surface area (Å²) in [5.74, 6) is 10.8. The highest BCUT2D eigenvalue weighted by Gasteiger charge is 1.99. The number of benzene rings is 1. The quantitative estimate of drug-likeness (QED) is 0.462. The van der Waals surface area contributed by atoms with E-state index in [1.807, 2.05) is 32.0 Å². The first-order chi connectivity index (χ1) is 5.11. The Balaban J connectivity index is 3.09. The molecule has 0 radical (unpaired) electrons. The summed E-state index contributed by atoms with van der Waals surface area (Å²) in [6, 6.07) is 5.93. The fourth-order valence-corrected chi connectivity index (χ4v) is 1.10. The number of rotatable bonds is 1. The van der Waals surface area contributed by atoms with Crippen molar-refractivity contribution in [2.75, 3.05) is 5.12 Å². The van der Waals surface area contributed by atoms with Crippen molar-refractivity contribution in [1.82, 2.24) is 0 Å². The molecule has 1 aromatic rings. The Bertz CT molecular complexity index is 256. The molecular weight excluding hydrogens is 138 g/mol. The molecule has 0 unspecified atom stereocenters. The molecule has 0 heterocycles. The van der Waals surface area contributed by atoms with Crippen LogP contribution in [0.5, 0.6) is 0 Å². The second-order valence-electron chi connectivity index (χ2n) is 2.70. The Morgan fingerprint density at radius 2 is 1.82 bits per heavy atom. The van der Waals surface area contributed by atoms with Crippen LogP contribution in [0.15, 0.2) is 18.2 Å². The molecule has 1 rings (SSSR count). The van der Waals surface area contributed by atoms with Crippen molar-refractivity contribution in [1.29, 1.82) is 0 Å². The third-order valence-electron chi connectivity index (χ3n) is 1.63. The predicted octanol–water partition coefficient (Wildman–Crippen LogP) is 0.857. The van der Waals surface area contributed by atoms with E-state index in [1.54, 1.807) is 0 Å². The fraction of sp³-hybridized carbons (Fsp3) is 0.250. The normalized spacial score (nSPS) is 9.82. The predicted molar refractivity (Wildman–Crippen MR) is 46.8 cm³/mol. The first-order valence-electron chi connectivity index (χ1n) is 3.48. The first-order valence-corrected chi connectivity index (χ1v) is 3.48. The van der Waals surface area contributed by atoms with E-state index in [-0.39, 0.29) is 0 Å². The zero-order valence-electron chi connectivity index (χ0n) is 6.83. The molecule has 1 aromatic carbocycles. The molecule has 11 heavy (non-hydrogen) atoms. The molecule has 0 bridgehead atoms. The van der Waals surface area contributed by atoms with Gasteiger partial charge in [0.15, 0.2) is 0 Å². The van der Waals surface area contributed by atoms with E-state index >= 15 is 0 Å². The van der Waals surface area contributed by atoms with Gasteiger partial charge in [0.2, 0.25) is 0 Å². The second kappa shape index (κ2) is 2.90. The van der Waals surface area contributed by atoms with Crippen LogP contribution >= 0.6 is 0 Å². The Morgan fingerprint density at radius 1 is 1.18 bits per heavy atom. The van der Waals surface area contributed by atoms with Crippen molar-refractivity contribution in [3.8, 4) is 0 Å². The van der Waals surface area contributed by atoms with Gasteiger partial charge in [-0.15, -0.1) is 0 Å². The standard InChI is InChI=1S/C8H13N3/c1-6-3-4-8(11(9)10)7(2)5-6/h3-5H,9-10H2,1-2H3. The van der Waals surface area contributed by atoms with Crippen molar-refractivity contribution in [2.24, 2.45) is 11.7 Å². The van der Waals surface area contributed by atoms with Crippen molar-refractivity contribution in [3.63, 3.8) is 0 Å². The van der Waals surface area contributed by atoms with E-state index in [9.17, 15) is 0 Å². The maximum Gasteiger partial charge on any atom is 0.0726 e. The van der Waals surface area contributed by atoms with Crippen LogP contribution in [0, 0.1) is 13.8 Å². The molecule has 0 saturated carbocycles. The fourth-order valence-electron chi connectivity index (χ4n) is 1.10. The molecule has 0 aromatic heterocycles. The molecule has 0 aliphatic carbocycles. The Morgan fingerprint density at radius 3 is 2.27 bits per heavy atom. The zero-order chi connectivity index (χ0) is 8.43. The highest BCUT2D eigenvalue weighted by Crippen LogP contribution is 2.16. The summed E-state index contributed by atoms with van der Waals surface area (Å²) in [6.45, 7) is 4.02. The molecule has 0 fully saturated rings. The summed E-state index contributed by atoms with van der Waals surface area (Å²) in [5.41, 5.74) is 3.17. The molecule has 0 aliphatic rings. The molecule has 0 spiro atoms. The van der Waals surface area contributed by atoms with Gasteiger partial charge >= 0.3 is 0 Å². The Hall–Kier alpha value is -1.06. The number of hydrazine groups is 2. The van der Waals surface area contributed by atoms with Crippen LogP contribution in [-0.2, 0) is 0 Å². The van der Waals surface area contributed by atoms with Crippen LogP contribution in [0.1, 0.15) is 11.1 Å². The summed E-state index contributed by atoms with van der Waals surface area (Å²) in [4.78, 5) is 0. The molecule has 0 saturated heterocycles. The smallest absolute Gasteiger partial charge is 0.0726 e. The number of nitrogens with zero attached hydrogens (tertiary/aromatic N) is 1. The third kappa shape index (κ3) is 1.69. The van der Waals surface area contributed by atoms with E-state index in [4.69, 9.17) is 11.7 Å². The summed E-state index contributed by atoms with van der Waals surface area (Å²) in [5, 5.41) is 1.13. The number of nitrogens with two attached hydrogens (primary N) is 2. The third-order valence-corrected chi connectivity index (χ3v) is 1.63. The lowest BCUT2D eigenvalue weighted by Crippen LogP contribution is -2.38. The summed E-state index contributed by atoms with van der Waals surface area (Å²) in [6.07, 6.45) is 0. The zero-order valence-corrected chi connectivity index (χ0v) is 6.83. The molecule has 60 valence electrons. The van der Waals surface area contributed by atoms with Gasteiger partial charge in [-0.2, -0.15) is 0 Å². The minimum atomic E-state index is 0.857. The summed E-state index contributed by atoms with van der Waals surface area (Å²) in [7, 11) is 0. The lowest BCUT2D eigenvalue weighted by Gasteiger charge is -2.14. The van der Waals surface area contributed by atoms with Crippen molar-refractivity contribution >= 4 is 5.69 Å². The van der Waals surface area contributed by atoms with Gasteiger partial charge in [-0.25, -0.2) is 16.8 Å². The number of aryl methyl sites for hydroxylation is 2. The van der Waals surface area contributed by atoms with E-state index in [0.717, 1.165) is 16.4 Å². The molecule has 3 nitrogen and oxygen atoms in total. The van der Waals surface area contributed by atoms with E-state index < -0.39 is 0 Å². The van der Waals surface area contributed by atoms with Gasteiger partial charge < -0.3 is 0 Å². The minimum Gasteiger partial charge on any atom is -0.247 e. The van der Waals surface area contributed by atoms with E-state index in [2.05, 4.69) is 0 Å². The van der Waals surface area contributed by atoms with Crippen molar-refractivity contribution in [3.05, 3.63) is 29.3 Å². The van der Waals surface area contributed by atoms with Crippen molar-refractivity contribution in [2.45, 2.75) is 13.8 Å². The molecule has 0 aliphatic heterocycles. The largest absolute Gasteiger partial charge is 0.247 e. The molecule has 3 heteroatoms. The van der Waals surface area contributed by atoms with Crippen molar-refractivity contribution < 1.29 is 0 Å². The minimum absolute atomic E-state index is 0.857. The van der Waals surface area contributed by atoms with E-state index in [0.29, 0.717) is 0 Å². The van der Waals surface area contributed by atoms with Crippen LogP contribution < -0.4 is 16.8 Å². The number of anilines is 1. The van der Waals surface area contributed by atoms with Gasteiger partial charge in [0.25, 0.3) is 0 Å². The molecule has 4 N–H and O–H groups in total. The second-order valence-corrected chi connectivity index (χ2v) is 2.70. The molecule has 0 atom stereocenters. The lowest BCUT2D eigenvalue weighted by atomic mass is 10.1. The SMILES string of the molecule is Cc1ccc(N(N)N)c(C)c1. The molecular formula is C8H13N3. The van der Waals surface area contributed by atoms with Gasteiger partial charge in [-0.1, -0.05) is 17.7 Å². The summed E-state index contributed by atoms with van der Waals surface area (Å²) < 4.78 is 0. The number of hydrogen-bond acceptors (Lipinski definition) is 3. The van der Waals surface area contributed by atoms with Gasteiger partial charge in [-0.05, 0) is 25.5 Å². The van der Waals surface area contributed by atoms with Crippen LogP contribution in [0.2, 0.25) is 0 Å². The van der Waals surface area contributed by atoms with Gasteiger partial charge in [0, 0.05) is 0 Å². The van der Waals surface area contributed by atoms with Gasteiger partial charge in [0.05, 0.1) is 5.69 Å². The summed E-state index contributed by atoms with van der Waals surface area (Å²) >= 11 is 0. The average molecular weight is 151 g/mol. The van der Waals surface area contributed by atoms with Crippen LogP contribution in [0.3, 0.4) is 0 Å². The Kier molecular flexibility index (Phi) is 2.12. The highest BCUT2D eigenvalue weighted by atomic mass is 15.6. The Labute approximate surface area is 66.5 Å². The molecule has 0 amide bonds. The maximum atomic E-state index is 5.38. The average Bonchev–Trinajstić information content (AvgIpc) is 1.85. The van der Waals surface area contributed by atoms with E-state index in [1.165, 1.54) is 5.56 Å². The number of hydrogen-bond donors (Lipinski definition) is 2. The van der Waals surface area contributed by atoms with Crippen LogP contribution in [0.25, 0.3) is 0 Å².